The third kappa shape index (κ3) is 4.33. The lowest BCUT2D eigenvalue weighted by molar-refractivity contribution is -0.120. The molecule has 0 aromatic heterocycles. The second-order valence-corrected chi connectivity index (χ2v) is 3.99. The van der Waals surface area contributed by atoms with Gasteiger partial charge in [-0.25, -0.2) is 4.39 Å². The first-order chi connectivity index (χ1) is 8.54. The Hall–Kier alpha value is -1.62. The van der Waals surface area contributed by atoms with Crippen molar-refractivity contribution in [2.45, 2.75) is 25.9 Å². The van der Waals surface area contributed by atoms with E-state index >= 15 is 0 Å². The van der Waals surface area contributed by atoms with Gasteiger partial charge in [0.15, 0.2) is 11.6 Å². The van der Waals surface area contributed by atoms with Crippen molar-refractivity contribution in [2.75, 3.05) is 13.7 Å². The van der Waals surface area contributed by atoms with Crippen molar-refractivity contribution in [3.63, 3.8) is 0 Å². The van der Waals surface area contributed by atoms with Gasteiger partial charge in [-0.05, 0) is 31.0 Å². The molecule has 0 aliphatic carbocycles. The van der Waals surface area contributed by atoms with Gasteiger partial charge >= 0.3 is 0 Å². The normalized spacial score (nSPS) is 12.0. The zero-order valence-corrected chi connectivity index (χ0v) is 10.6. The van der Waals surface area contributed by atoms with Crippen LogP contribution in [0.15, 0.2) is 18.2 Å². The molecular weight excluding hydrogens is 237 g/mol. The highest BCUT2D eigenvalue weighted by Crippen LogP contribution is 2.22. The molecule has 1 aromatic carbocycles. The second-order valence-electron chi connectivity index (χ2n) is 3.99. The molecule has 0 radical (unpaired) electrons. The van der Waals surface area contributed by atoms with Crippen molar-refractivity contribution in [1.29, 1.82) is 0 Å². The van der Waals surface area contributed by atoms with Crippen molar-refractivity contribution in [3.8, 4) is 5.75 Å². The summed E-state index contributed by atoms with van der Waals surface area (Å²) < 4.78 is 18.8. The number of carbonyl (C=O) groups excluding carboxylic acids is 1. The standard InChI is InChI=1S/C13H18FNO3/c1-9(16)10-5-6-12(11(14)8-10)18-7-3-4-13(17)15-2/h5-6,8-9,16H,3-4,7H2,1-2H3,(H,15,17)/t9-/m0/s1. The van der Waals surface area contributed by atoms with E-state index in [1.807, 2.05) is 0 Å². The van der Waals surface area contributed by atoms with Crippen LogP contribution in [0, 0.1) is 5.82 Å². The third-order valence-corrected chi connectivity index (χ3v) is 2.52. The van der Waals surface area contributed by atoms with E-state index in [1.54, 1.807) is 20.0 Å². The van der Waals surface area contributed by atoms with Crippen LogP contribution in [-0.2, 0) is 4.79 Å². The molecule has 0 fully saturated rings. The molecule has 1 amide bonds. The summed E-state index contributed by atoms with van der Waals surface area (Å²) in [5.41, 5.74) is 0.505. The van der Waals surface area contributed by atoms with E-state index < -0.39 is 11.9 Å². The van der Waals surface area contributed by atoms with Gasteiger partial charge in [0.25, 0.3) is 0 Å². The molecule has 0 bridgehead atoms. The molecule has 0 aliphatic rings. The monoisotopic (exact) mass is 255 g/mol. The fourth-order valence-electron chi connectivity index (χ4n) is 1.43. The van der Waals surface area contributed by atoms with Gasteiger partial charge < -0.3 is 15.2 Å². The number of aliphatic hydroxyl groups excluding tert-OH is 1. The molecule has 18 heavy (non-hydrogen) atoms. The zero-order valence-electron chi connectivity index (χ0n) is 10.6. The van der Waals surface area contributed by atoms with Gasteiger partial charge in [-0.1, -0.05) is 6.07 Å². The summed E-state index contributed by atoms with van der Waals surface area (Å²) >= 11 is 0. The molecule has 1 atom stereocenters. The summed E-state index contributed by atoms with van der Waals surface area (Å²) in [4.78, 5) is 10.9. The molecule has 0 unspecified atom stereocenters. The van der Waals surface area contributed by atoms with Crippen molar-refractivity contribution in [3.05, 3.63) is 29.6 Å². The van der Waals surface area contributed by atoms with E-state index in [2.05, 4.69) is 5.32 Å². The Kier molecular flexibility index (Phi) is 5.58. The highest BCUT2D eigenvalue weighted by molar-refractivity contribution is 5.75. The van der Waals surface area contributed by atoms with E-state index in [0.29, 0.717) is 18.4 Å². The summed E-state index contributed by atoms with van der Waals surface area (Å²) in [5, 5.41) is 11.8. The molecular formula is C13H18FNO3. The Labute approximate surface area is 106 Å². The highest BCUT2D eigenvalue weighted by atomic mass is 19.1. The molecule has 1 aromatic rings. The summed E-state index contributed by atoms with van der Waals surface area (Å²) in [6.45, 7) is 1.84. The largest absolute Gasteiger partial charge is 0.491 e. The number of benzene rings is 1. The highest BCUT2D eigenvalue weighted by Gasteiger charge is 2.08. The van der Waals surface area contributed by atoms with Crippen molar-refractivity contribution in [1.82, 2.24) is 5.32 Å². The fourth-order valence-corrected chi connectivity index (χ4v) is 1.43. The van der Waals surface area contributed by atoms with Crippen LogP contribution in [0.4, 0.5) is 4.39 Å². The first-order valence-corrected chi connectivity index (χ1v) is 5.85. The minimum atomic E-state index is -0.707. The van der Waals surface area contributed by atoms with Gasteiger partial charge in [0, 0.05) is 13.5 Å². The van der Waals surface area contributed by atoms with Crippen molar-refractivity contribution in [2.24, 2.45) is 0 Å². The zero-order chi connectivity index (χ0) is 13.5. The van der Waals surface area contributed by atoms with Crippen LogP contribution >= 0.6 is 0 Å². The topological polar surface area (TPSA) is 58.6 Å². The molecule has 100 valence electrons. The van der Waals surface area contributed by atoms with Crippen molar-refractivity contribution < 1.29 is 19.0 Å². The Morgan fingerprint density at radius 2 is 2.28 bits per heavy atom. The summed E-state index contributed by atoms with van der Waals surface area (Å²) in [6, 6.07) is 4.35. The van der Waals surface area contributed by atoms with Gasteiger partial charge in [-0.3, -0.25) is 4.79 Å². The molecule has 1 rings (SSSR count). The average Bonchev–Trinajstić information content (AvgIpc) is 2.35. The number of carbonyl (C=O) groups is 1. The fraction of sp³-hybridized carbons (Fsp3) is 0.462. The Morgan fingerprint density at radius 3 is 2.83 bits per heavy atom. The van der Waals surface area contributed by atoms with Crippen LogP contribution < -0.4 is 10.1 Å². The summed E-state index contributed by atoms with van der Waals surface area (Å²) in [6.07, 6.45) is 0.169. The van der Waals surface area contributed by atoms with Crippen LogP contribution in [0.2, 0.25) is 0 Å². The SMILES string of the molecule is CNC(=O)CCCOc1ccc([C@H](C)O)cc1F. The number of aliphatic hydroxyl groups is 1. The predicted molar refractivity (Wildman–Crippen MR) is 65.8 cm³/mol. The van der Waals surface area contributed by atoms with Crippen LogP contribution in [0.25, 0.3) is 0 Å². The van der Waals surface area contributed by atoms with Crippen molar-refractivity contribution >= 4 is 5.91 Å². The molecule has 0 saturated carbocycles. The van der Waals surface area contributed by atoms with Crippen LogP contribution in [0.5, 0.6) is 5.75 Å². The maximum atomic E-state index is 13.5. The lowest BCUT2D eigenvalue weighted by Crippen LogP contribution is -2.18. The molecule has 2 N–H and O–H groups in total. The summed E-state index contributed by atoms with van der Waals surface area (Å²) in [7, 11) is 1.57. The van der Waals surface area contributed by atoms with Gasteiger partial charge in [0.1, 0.15) is 0 Å². The van der Waals surface area contributed by atoms with E-state index in [4.69, 9.17) is 4.74 Å². The second kappa shape index (κ2) is 6.96. The van der Waals surface area contributed by atoms with Gasteiger partial charge in [0.05, 0.1) is 12.7 Å². The number of amides is 1. The quantitative estimate of drug-likeness (QED) is 0.762. The number of rotatable bonds is 6. The van der Waals surface area contributed by atoms with E-state index in [1.165, 1.54) is 12.1 Å². The van der Waals surface area contributed by atoms with Crippen LogP contribution in [-0.4, -0.2) is 24.7 Å². The molecule has 0 saturated heterocycles. The van der Waals surface area contributed by atoms with E-state index in [9.17, 15) is 14.3 Å². The maximum absolute atomic E-state index is 13.5. The minimum absolute atomic E-state index is 0.0662. The lowest BCUT2D eigenvalue weighted by atomic mass is 10.1. The maximum Gasteiger partial charge on any atom is 0.219 e. The number of hydrogen-bond donors (Lipinski definition) is 2. The third-order valence-electron chi connectivity index (χ3n) is 2.52. The molecule has 4 nitrogen and oxygen atoms in total. The predicted octanol–water partition coefficient (Wildman–Crippen LogP) is 1.78. The first-order valence-electron chi connectivity index (χ1n) is 5.85. The van der Waals surface area contributed by atoms with E-state index in [-0.39, 0.29) is 18.3 Å². The van der Waals surface area contributed by atoms with Gasteiger partial charge in [-0.15, -0.1) is 0 Å². The summed E-state index contributed by atoms with van der Waals surface area (Å²) in [5.74, 6) is -0.437. The molecule has 0 spiro atoms. The molecule has 0 aliphatic heterocycles. The molecule has 0 heterocycles. The molecule has 5 heteroatoms. The Balaban J connectivity index is 2.45. The van der Waals surface area contributed by atoms with E-state index in [0.717, 1.165) is 0 Å². The number of nitrogens with one attached hydrogen (secondary N) is 1. The van der Waals surface area contributed by atoms with Gasteiger partial charge in [0.2, 0.25) is 5.91 Å². The number of halogens is 1. The van der Waals surface area contributed by atoms with Crippen LogP contribution in [0.1, 0.15) is 31.4 Å². The minimum Gasteiger partial charge on any atom is -0.491 e. The number of hydrogen-bond acceptors (Lipinski definition) is 3. The first kappa shape index (κ1) is 14.4. The lowest BCUT2D eigenvalue weighted by Gasteiger charge is -2.09. The van der Waals surface area contributed by atoms with Gasteiger partial charge in [-0.2, -0.15) is 0 Å². The number of ether oxygens (including phenoxy) is 1. The van der Waals surface area contributed by atoms with Crippen LogP contribution in [0.3, 0.4) is 0 Å². The Bertz CT molecular complexity index is 407. The smallest absolute Gasteiger partial charge is 0.219 e. The average molecular weight is 255 g/mol. The Morgan fingerprint density at radius 1 is 1.56 bits per heavy atom.